The van der Waals surface area contributed by atoms with Crippen LogP contribution in [0.2, 0.25) is 0 Å². The highest BCUT2D eigenvalue weighted by molar-refractivity contribution is 5.78. The summed E-state index contributed by atoms with van der Waals surface area (Å²) in [4.78, 5) is 14.8. The molecule has 0 saturated carbocycles. The molecular weight excluding hydrogens is 367 g/mol. The molecule has 0 bridgehead atoms. The van der Waals surface area contributed by atoms with E-state index >= 15 is 0 Å². The van der Waals surface area contributed by atoms with Crippen LogP contribution in [0, 0.1) is 17.7 Å². The molecule has 0 radical (unpaired) electrons. The zero-order valence-corrected chi connectivity index (χ0v) is 17.2. The summed E-state index contributed by atoms with van der Waals surface area (Å²) in [7, 11) is 0. The van der Waals surface area contributed by atoms with E-state index in [0.29, 0.717) is 6.54 Å². The number of hydrogen-bond acceptors (Lipinski definition) is 3. The number of aliphatic hydroxyl groups excluding tert-OH is 1. The molecule has 1 aliphatic heterocycles. The first kappa shape index (κ1) is 21.5. The standard InChI is InChI=1S/C24H31FN2O2/c1-17(2)23(18-8-10-21(25)11-9-18)26-22(28)16-27-14-12-20(13-15-27)24(29)19-6-4-3-5-7-19/h3-11,17,20,23-24,29H,12-16H2,1-2H3,(H,26,28). The Bertz CT molecular complexity index is 771. The fourth-order valence-corrected chi connectivity index (χ4v) is 4.08. The number of rotatable bonds is 7. The van der Waals surface area contributed by atoms with E-state index in [1.165, 1.54) is 12.1 Å². The maximum Gasteiger partial charge on any atom is 0.234 e. The molecule has 156 valence electrons. The van der Waals surface area contributed by atoms with Gasteiger partial charge >= 0.3 is 0 Å². The van der Waals surface area contributed by atoms with Crippen LogP contribution in [-0.2, 0) is 4.79 Å². The van der Waals surface area contributed by atoms with Gasteiger partial charge in [0, 0.05) is 0 Å². The molecule has 0 spiro atoms. The Hall–Kier alpha value is -2.24. The van der Waals surface area contributed by atoms with E-state index in [9.17, 15) is 14.3 Å². The van der Waals surface area contributed by atoms with Crippen LogP contribution in [0.25, 0.3) is 0 Å². The predicted molar refractivity (Wildman–Crippen MR) is 113 cm³/mol. The van der Waals surface area contributed by atoms with Crippen LogP contribution in [-0.4, -0.2) is 35.5 Å². The average molecular weight is 399 g/mol. The number of benzene rings is 2. The molecule has 0 aromatic heterocycles. The van der Waals surface area contributed by atoms with Crippen LogP contribution in [0.1, 0.15) is 50.0 Å². The van der Waals surface area contributed by atoms with Gasteiger partial charge in [0.2, 0.25) is 5.91 Å². The SMILES string of the molecule is CC(C)C(NC(=O)CN1CCC(C(O)c2ccccc2)CC1)c1ccc(F)cc1. The van der Waals surface area contributed by atoms with Gasteiger partial charge < -0.3 is 10.4 Å². The number of halogens is 1. The third-order valence-electron chi connectivity index (χ3n) is 5.80. The first-order valence-electron chi connectivity index (χ1n) is 10.4. The second-order valence-corrected chi connectivity index (χ2v) is 8.31. The van der Waals surface area contributed by atoms with Crippen molar-refractivity contribution >= 4 is 5.91 Å². The molecule has 1 aliphatic rings. The first-order chi connectivity index (χ1) is 13.9. The minimum Gasteiger partial charge on any atom is -0.388 e. The maximum atomic E-state index is 13.2. The second kappa shape index (κ2) is 9.99. The van der Waals surface area contributed by atoms with E-state index in [1.807, 2.05) is 44.2 Å². The number of amides is 1. The minimum absolute atomic E-state index is 0.0184. The van der Waals surface area contributed by atoms with Gasteiger partial charge in [-0.25, -0.2) is 4.39 Å². The Morgan fingerprint density at radius 1 is 1.07 bits per heavy atom. The highest BCUT2D eigenvalue weighted by Gasteiger charge is 2.27. The van der Waals surface area contributed by atoms with Crippen LogP contribution < -0.4 is 5.32 Å². The van der Waals surface area contributed by atoms with Gasteiger partial charge in [-0.05, 0) is 61.0 Å². The molecule has 3 rings (SSSR count). The Labute approximate surface area is 172 Å². The largest absolute Gasteiger partial charge is 0.388 e. The lowest BCUT2D eigenvalue weighted by molar-refractivity contribution is -0.123. The quantitative estimate of drug-likeness (QED) is 0.739. The van der Waals surface area contributed by atoms with Crippen molar-refractivity contribution in [3.05, 3.63) is 71.5 Å². The highest BCUT2D eigenvalue weighted by atomic mass is 19.1. The van der Waals surface area contributed by atoms with E-state index < -0.39 is 6.10 Å². The van der Waals surface area contributed by atoms with Crippen molar-refractivity contribution in [1.82, 2.24) is 10.2 Å². The summed E-state index contributed by atoms with van der Waals surface area (Å²) in [5.74, 6) is 0.133. The summed E-state index contributed by atoms with van der Waals surface area (Å²) < 4.78 is 13.2. The van der Waals surface area contributed by atoms with Crippen LogP contribution in [0.15, 0.2) is 54.6 Å². The van der Waals surface area contributed by atoms with Gasteiger partial charge in [-0.1, -0.05) is 56.3 Å². The molecule has 0 aliphatic carbocycles. The molecular formula is C24H31FN2O2. The molecule has 2 N–H and O–H groups in total. The number of aliphatic hydroxyl groups is 1. The van der Waals surface area contributed by atoms with Crippen LogP contribution >= 0.6 is 0 Å². The monoisotopic (exact) mass is 398 g/mol. The Morgan fingerprint density at radius 2 is 1.69 bits per heavy atom. The van der Waals surface area contributed by atoms with Crippen LogP contribution in [0.5, 0.6) is 0 Å². The summed E-state index contributed by atoms with van der Waals surface area (Å²) in [5, 5.41) is 13.7. The van der Waals surface area contributed by atoms with E-state index in [4.69, 9.17) is 0 Å². The van der Waals surface area contributed by atoms with Crippen LogP contribution in [0.4, 0.5) is 4.39 Å². The van der Waals surface area contributed by atoms with Crippen molar-refractivity contribution in [1.29, 1.82) is 0 Å². The van der Waals surface area contributed by atoms with E-state index in [0.717, 1.165) is 37.1 Å². The normalized spacial score (nSPS) is 17.8. The molecule has 29 heavy (non-hydrogen) atoms. The number of likely N-dealkylation sites (tertiary alicyclic amines) is 1. The molecule has 1 heterocycles. The van der Waals surface area contributed by atoms with Gasteiger partial charge in [-0.15, -0.1) is 0 Å². The number of carbonyl (C=O) groups is 1. The number of nitrogens with zero attached hydrogens (tertiary/aromatic N) is 1. The van der Waals surface area contributed by atoms with Gasteiger partial charge in [0.25, 0.3) is 0 Å². The minimum atomic E-state index is -0.448. The molecule has 2 aromatic rings. The zero-order chi connectivity index (χ0) is 20.8. The van der Waals surface area contributed by atoms with Gasteiger partial charge in [-0.2, -0.15) is 0 Å². The van der Waals surface area contributed by atoms with Crippen molar-refractivity contribution in [3.8, 4) is 0 Å². The van der Waals surface area contributed by atoms with Crippen LogP contribution in [0.3, 0.4) is 0 Å². The molecule has 2 atom stereocenters. The summed E-state index contributed by atoms with van der Waals surface area (Å²) in [6, 6.07) is 16.0. The number of piperidine rings is 1. The average Bonchev–Trinajstić information content (AvgIpc) is 2.73. The Morgan fingerprint density at radius 3 is 2.28 bits per heavy atom. The summed E-state index contributed by atoms with van der Waals surface area (Å²) >= 11 is 0. The molecule has 2 unspecified atom stereocenters. The Balaban J connectivity index is 1.50. The third-order valence-corrected chi connectivity index (χ3v) is 5.80. The molecule has 1 saturated heterocycles. The van der Waals surface area contributed by atoms with E-state index in [2.05, 4.69) is 10.2 Å². The van der Waals surface area contributed by atoms with Crippen molar-refractivity contribution in [3.63, 3.8) is 0 Å². The molecule has 1 fully saturated rings. The second-order valence-electron chi connectivity index (χ2n) is 8.31. The lowest BCUT2D eigenvalue weighted by Crippen LogP contribution is -2.43. The van der Waals surface area contributed by atoms with Crippen molar-refractivity contribution in [2.75, 3.05) is 19.6 Å². The lowest BCUT2D eigenvalue weighted by Gasteiger charge is -2.34. The van der Waals surface area contributed by atoms with Crippen molar-refractivity contribution in [2.24, 2.45) is 11.8 Å². The number of hydrogen-bond donors (Lipinski definition) is 2. The van der Waals surface area contributed by atoms with Gasteiger partial charge in [0.15, 0.2) is 0 Å². The highest BCUT2D eigenvalue weighted by Crippen LogP contribution is 2.30. The molecule has 4 nitrogen and oxygen atoms in total. The number of carbonyl (C=O) groups excluding carboxylic acids is 1. The predicted octanol–water partition coefficient (Wildman–Crippen LogP) is 4.08. The fourth-order valence-electron chi connectivity index (χ4n) is 4.08. The smallest absolute Gasteiger partial charge is 0.234 e. The Kier molecular flexibility index (Phi) is 7.40. The van der Waals surface area contributed by atoms with Crippen molar-refractivity contribution in [2.45, 2.75) is 38.8 Å². The molecule has 1 amide bonds. The number of nitrogens with one attached hydrogen (secondary N) is 1. The maximum absolute atomic E-state index is 13.2. The van der Waals surface area contributed by atoms with Gasteiger partial charge in [0.1, 0.15) is 5.82 Å². The molecule has 5 heteroatoms. The first-order valence-corrected chi connectivity index (χ1v) is 10.4. The summed E-state index contributed by atoms with van der Waals surface area (Å²) in [5.41, 5.74) is 1.88. The van der Waals surface area contributed by atoms with Crippen molar-refractivity contribution < 1.29 is 14.3 Å². The van der Waals surface area contributed by atoms with E-state index in [1.54, 1.807) is 12.1 Å². The van der Waals surface area contributed by atoms with Gasteiger partial charge in [-0.3, -0.25) is 9.69 Å². The summed E-state index contributed by atoms with van der Waals surface area (Å²) in [6.07, 6.45) is 1.29. The van der Waals surface area contributed by atoms with Gasteiger partial charge in [0.05, 0.1) is 18.7 Å². The lowest BCUT2D eigenvalue weighted by atomic mass is 9.87. The molecule has 2 aromatic carbocycles. The fraction of sp³-hybridized carbons (Fsp3) is 0.458. The van der Waals surface area contributed by atoms with E-state index in [-0.39, 0.29) is 29.6 Å². The third kappa shape index (κ3) is 5.87. The zero-order valence-electron chi connectivity index (χ0n) is 17.2. The summed E-state index contributed by atoms with van der Waals surface area (Å²) in [6.45, 7) is 6.03. The topological polar surface area (TPSA) is 52.6 Å².